The van der Waals surface area contributed by atoms with Gasteiger partial charge in [0.05, 0.1) is 11.8 Å². The molecule has 2 N–H and O–H groups in total. The maximum absolute atomic E-state index is 11.3. The van der Waals surface area contributed by atoms with Crippen LogP contribution in [0.3, 0.4) is 0 Å². The Kier molecular flexibility index (Phi) is 4.48. The Labute approximate surface area is 101 Å². The Morgan fingerprint density at radius 2 is 2.00 bits per heavy atom. The number of nitrogens with zero attached hydrogens (tertiary/aromatic N) is 1. The highest BCUT2D eigenvalue weighted by atomic mass is 79.9. The van der Waals surface area contributed by atoms with Crippen molar-refractivity contribution in [1.29, 1.82) is 5.26 Å². The van der Waals surface area contributed by atoms with Crippen molar-refractivity contribution in [2.45, 2.75) is 0 Å². The van der Waals surface area contributed by atoms with Gasteiger partial charge in [-0.1, -0.05) is 12.1 Å². The predicted molar refractivity (Wildman–Crippen MR) is 61.4 cm³/mol. The van der Waals surface area contributed by atoms with E-state index >= 15 is 0 Å². The van der Waals surface area contributed by atoms with Gasteiger partial charge < -0.3 is 10.6 Å². The average molecular weight is 282 g/mol. The Bertz CT molecular complexity index is 454. The highest BCUT2D eigenvalue weighted by Crippen LogP contribution is 2.20. The molecule has 0 aliphatic rings. The van der Waals surface area contributed by atoms with Gasteiger partial charge in [0.15, 0.2) is 0 Å². The van der Waals surface area contributed by atoms with Crippen LogP contribution in [-0.2, 0) is 9.59 Å². The number of carbonyl (C=O) groups excluding carboxylic acids is 2. The number of halogens is 1. The molecule has 0 aromatic heterocycles. The molecule has 1 aromatic rings. The number of anilines is 1. The largest absolute Gasteiger partial charge is 0.335 e. The molecule has 2 amide bonds. The van der Waals surface area contributed by atoms with Crippen molar-refractivity contribution in [2.24, 2.45) is 0 Å². The minimum Gasteiger partial charge on any atom is -0.335 e. The molecule has 0 unspecified atom stereocenters. The number of hydrogen-bond donors (Lipinski definition) is 2. The van der Waals surface area contributed by atoms with Crippen molar-refractivity contribution in [3.63, 3.8) is 0 Å². The van der Waals surface area contributed by atoms with Gasteiger partial charge in [-0.3, -0.25) is 9.59 Å². The molecule has 0 aliphatic heterocycles. The Hall–Kier alpha value is -1.87. The molecule has 6 heteroatoms. The van der Waals surface area contributed by atoms with E-state index < -0.39 is 11.8 Å². The van der Waals surface area contributed by atoms with Gasteiger partial charge in [-0.25, -0.2) is 0 Å². The summed E-state index contributed by atoms with van der Waals surface area (Å²) in [5, 5.41) is 12.8. The van der Waals surface area contributed by atoms with E-state index in [0.29, 0.717) is 10.2 Å². The molecule has 5 nitrogen and oxygen atoms in total. The van der Waals surface area contributed by atoms with E-state index in [0.717, 1.165) is 0 Å². The van der Waals surface area contributed by atoms with Crippen LogP contribution in [0.25, 0.3) is 0 Å². The molecule has 0 fully saturated rings. The first kappa shape index (κ1) is 12.2. The van der Waals surface area contributed by atoms with Crippen molar-refractivity contribution in [3.05, 3.63) is 28.7 Å². The van der Waals surface area contributed by atoms with Crippen LogP contribution in [0.15, 0.2) is 28.7 Å². The molecule has 1 rings (SSSR count). The van der Waals surface area contributed by atoms with Gasteiger partial charge in [0.1, 0.15) is 6.54 Å². The summed E-state index contributed by atoms with van der Waals surface area (Å²) in [7, 11) is 0. The first-order valence-electron chi connectivity index (χ1n) is 4.36. The quantitative estimate of drug-likeness (QED) is 0.627. The maximum atomic E-state index is 11.3. The van der Waals surface area contributed by atoms with Gasteiger partial charge in [0.2, 0.25) is 0 Å². The van der Waals surface area contributed by atoms with E-state index in [1.54, 1.807) is 30.3 Å². The fraction of sp³-hybridized carbons (Fsp3) is 0.100. The summed E-state index contributed by atoms with van der Waals surface area (Å²) in [6.07, 6.45) is 0. The van der Waals surface area contributed by atoms with Crippen molar-refractivity contribution in [2.75, 3.05) is 11.9 Å². The van der Waals surface area contributed by atoms with Crippen LogP contribution in [0.1, 0.15) is 0 Å². The summed E-state index contributed by atoms with van der Waals surface area (Å²) in [6.45, 7) is -0.192. The lowest BCUT2D eigenvalue weighted by atomic mass is 10.3. The summed E-state index contributed by atoms with van der Waals surface area (Å²) in [5.74, 6) is -1.64. The van der Waals surface area contributed by atoms with Gasteiger partial charge in [0, 0.05) is 4.47 Å². The van der Waals surface area contributed by atoms with Crippen LogP contribution >= 0.6 is 15.9 Å². The van der Waals surface area contributed by atoms with Crippen LogP contribution in [0.4, 0.5) is 5.69 Å². The number of hydrogen-bond acceptors (Lipinski definition) is 3. The highest BCUT2D eigenvalue weighted by Gasteiger charge is 2.13. The Balaban J connectivity index is 2.62. The van der Waals surface area contributed by atoms with Crippen LogP contribution in [0.2, 0.25) is 0 Å². The number of carbonyl (C=O) groups is 2. The van der Waals surface area contributed by atoms with Crippen molar-refractivity contribution in [3.8, 4) is 6.07 Å². The van der Waals surface area contributed by atoms with Crippen LogP contribution < -0.4 is 10.6 Å². The van der Waals surface area contributed by atoms with Gasteiger partial charge in [-0.2, -0.15) is 5.26 Å². The standard InChI is InChI=1S/C10H8BrN3O2/c11-7-3-1-2-4-8(7)14-10(16)9(15)13-6-5-12/h1-4H,6H2,(H,13,15)(H,14,16). The summed E-state index contributed by atoms with van der Waals surface area (Å²) in [6, 6.07) is 8.62. The summed E-state index contributed by atoms with van der Waals surface area (Å²) >= 11 is 3.23. The minimum atomic E-state index is -0.836. The third kappa shape index (κ3) is 3.37. The average Bonchev–Trinajstić information content (AvgIpc) is 2.28. The number of benzene rings is 1. The molecule has 0 saturated carbocycles. The number of amides is 2. The Morgan fingerprint density at radius 1 is 1.31 bits per heavy atom. The van der Waals surface area contributed by atoms with Crippen LogP contribution in [-0.4, -0.2) is 18.4 Å². The zero-order valence-electron chi connectivity index (χ0n) is 8.16. The molecule has 0 saturated heterocycles. The third-order valence-electron chi connectivity index (χ3n) is 1.66. The zero-order valence-corrected chi connectivity index (χ0v) is 9.74. The molecule has 0 bridgehead atoms. The van der Waals surface area contributed by atoms with E-state index in [9.17, 15) is 9.59 Å². The lowest BCUT2D eigenvalue weighted by molar-refractivity contribution is -0.136. The van der Waals surface area contributed by atoms with E-state index in [4.69, 9.17) is 5.26 Å². The topological polar surface area (TPSA) is 82.0 Å². The first-order valence-corrected chi connectivity index (χ1v) is 5.15. The van der Waals surface area contributed by atoms with Crippen LogP contribution in [0.5, 0.6) is 0 Å². The molecule has 0 aliphatic carbocycles. The van der Waals surface area contributed by atoms with E-state index in [2.05, 4.69) is 26.6 Å². The lowest BCUT2D eigenvalue weighted by Gasteiger charge is -2.05. The second-order valence-electron chi connectivity index (χ2n) is 2.77. The molecule has 0 heterocycles. The smallest absolute Gasteiger partial charge is 0.313 e. The summed E-state index contributed by atoms with van der Waals surface area (Å²) in [4.78, 5) is 22.4. The van der Waals surface area contributed by atoms with E-state index in [1.165, 1.54) is 0 Å². The molecule has 82 valence electrons. The van der Waals surface area contributed by atoms with Gasteiger partial charge in [-0.15, -0.1) is 0 Å². The lowest BCUT2D eigenvalue weighted by Crippen LogP contribution is -2.35. The van der Waals surface area contributed by atoms with Crippen molar-refractivity contribution < 1.29 is 9.59 Å². The van der Waals surface area contributed by atoms with Crippen molar-refractivity contribution in [1.82, 2.24) is 5.32 Å². The van der Waals surface area contributed by atoms with Crippen LogP contribution in [0, 0.1) is 11.3 Å². The summed E-state index contributed by atoms with van der Waals surface area (Å²) in [5.41, 5.74) is 0.500. The molecule has 0 radical (unpaired) electrons. The normalized spacial score (nSPS) is 9.00. The SMILES string of the molecule is N#CCNC(=O)C(=O)Nc1ccccc1Br. The zero-order chi connectivity index (χ0) is 12.0. The molecular formula is C10H8BrN3O2. The molecule has 0 spiro atoms. The Morgan fingerprint density at radius 3 is 2.62 bits per heavy atom. The molecule has 0 atom stereocenters. The van der Waals surface area contributed by atoms with Gasteiger partial charge in [-0.05, 0) is 28.1 Å². The first-order chi connectivity index (χ1) is 7.65. The minimum absolute atomic E-state index is 0.192. The monoisotopic (exact) mass is 281 g/mol. The van der Waals surface area contributed by atoms with Crippen molar-refractivity contribution >= 4 is 33.4 Å². The molecule has 1 aromatic carbocycles. The predicted octanol–water partition coefficient (Wildman–Crippen LogP) is 1.03. The molecular weight excluding hydrogens is 274 g/mol. The maximum Gasteiger partial charge on any atom is 0.313 e. The summed E-state index contributed by atoms with van der Waals surface area (Å²) < 4.78 is 0.677. The molecule has 16 heavy (non-hydrogen) atoms. The highest BCUT2D eigenvalue weighted by molar-refractivity contribution is 9.10. The third-order valence-corrected chi connectivity index (χ3v) is 2.35. The van der Waals surface area contributed by atoms with E-state index in [1.807, 2.05) is 0 Å². The fourth-order valence-corrected chi connectivity index (χ4v) is 1.33. The number of nitrogens with one attached hydrogen (secondary N) is 2. The number of nitriles is 1. The fourth-order valence-electron chi connectivity index (χ4n) is 0.942. The van der Waals surface area contributed by atoms with Gasteiger partial charge >= 0.3 is 11.8 Å². The van der Waals surface area contributed by atoms with E-state index in [-0.39, 0.29) is 6.54 Å². The second kappa shape index (κ2) is 5.88. The number of rotatable bonds is 2. The van der Waals surface area contributed by atoms with Gasteiger partial charge in [0.25, 0.3) is 0 Å². The second-order valence-corrected chi connectivity index (χ2v) is 3.63. The number of para-hydroxylation sites is 1.